The van der Waals surface area contributed by atoms with Crippen molar-refractivity contribution in [2.24, 2.45) is 7.05 Å². The van der Waals surface area contributed by atoms with Crippen LogP contribution >= 0.6 is 0 Å². The SMILES string of the molecule is CC[C@@H](NC(=O)COCCOC)c1ccnn1C. The molecule has 0 unspecified atom stereocenters. The molecule has 0 aliphatic heterocycles. The van der Waals surface area contributed by atoms with Gasteiger partial charge in [-0.1, -0.05) is 6.92 Å². The molecule has 0 bridgehead atoms. The van der Waals surface area contributed by atoms with E-state index in [9.17, 15) is 4.79 Å². The normalized spacial score (nSPS) is 12.4. The van der Waals surface area contributed by atoms with Crippen molar-refractivity contribution in [3.8, 4) is 0 Å². The van der Waals surface area contributed by atoms with Crippen molar-refractivity contribution >= 4 is 5.91 Å². The number of rotatable bonds is 8. The first-order valence-electron chi connectivity index (χ1n) is 6.03. The van der Waals surface area contributed by atoms with E-state index in [4.69, 9.17) is 9.47 Å². The molecule has 1 heterocycles. The van der Waals surface area contributed by atoms with Crippen molar-refractivity contribution < 1.29 is 14.3 Å². The Labute approximate surface area is 107 Å². The summed E-state index contributed by atoms with van der Waals surface area (Å²) in [6.45, 7) is 2.99. The number of amides is 1. The highest BCUT2D eigenvalue weighted by Crippen LogP contribution is 2.14. The molecular weight excluding hydrogens is 234 g/mol. The van der Waals surface area contributed by atoms with Gasteiger partial charge in [0.1, 0.15) is 6.61 Å². The highest BCUT2D eigenvalue weighted by atomic mass is 16.5. The van der Waals surface area contributed by atoms with Crippen LogP contribution in [-0.4, -0.2) is 42.6 Å². The quantitative estimate of drug-likeness (QED) is 0.693. The number of aryl methyl sites for hydroxylation is 1. The zero-order chi connectivity index (χ0) is 13.4. The van der Waals surface area contributed by atoms with Crippen molar-refractivity contribution in [3.63, 3.8) is 0 Å². The van der Waals surface area contributed by atoms with Gasteiger partial charge in [0.05, 0.1) is 24.9 Å². The van der Waals surface area contributed by atoms with Crippen LogP contribution in [0.4, 0.5) is 0 Å². The number of carbonyl (C=O) groups is 1. The number of methoxy groups -OCH3 is 1. The van der Waals surface area contributed by atoms with E-state index in [1.54, 1.807) is 18.0 Å². The fourth-order valence-corrected chi connectivity index (χ4v) is 1.65. The molecule has 1 atom stereocenters. The number of ether oxygens (including phenoxy) is 2. The first-order chi connectivity index (χ1) is 8.69. The van der Waals surface area contributed by atoms with E-state index in [2.05, 4.69) is 10.4 Å². The molecule has 0 radical (unpaired) electrons. The van der Waals surface area contributed by atoms with Gasteiger partial charge in [-0.3, -0.25) is 9.48 Å². The highest BCUT2D eigenvalue weighted by Gasteiger charge is 2.15. The number of nitrogens with zero attached hydrogens (tertiary/aromatic N) is 2. The summed E-state index contributed by atoms with van der Waals surface area (Å²) in [5.41, 5.74) is 0.989. The summed E-state index contributed by atoms with van der Waals surface area (Å²) < 4.78 is 11.8. The van der Waals surface area contributed by atoms with Gasteiger partial charge in [0, 0.05) is 20.4 Å². The summed E-state index contributed by atoms with van der Waals surface area (Å²) in [4.78, 5) is 11.7. The molecule has 18 heavy (non-hydrogen) atoms. The van der Waals surface area contributed by atoms with Gasteiger partial charge < -0.3 is 14.8 Å². The summed E-state index contributed by atoms with van der Waals surface area (Å²) in [5, 5.41) is 7.02. The lowest BCUT2D eigenvalue weighted by atomic mass is 10.1. The summed E-state index contributed by atoms with van der Waals surface area (Å²) in [5.74, 6) is -0.126. The van der Waals surface area contributed by atoms with Crippen LogP contribution in [0.25, 0.3) is 0 Å². The largest absolute Gasteiger partial charge is 0.382 e. The zero-order valence-corrected chi connectivity index (χ0v) is 11.2. The molecule has 102 valence electrons. The fraction of sp³-hybridized carbons (Fsp3) is 0.667. The van der Waals surface area contributed by atoms with Crippen molar-refractivity contribution in [1.29, 1.82) is 0 Å². The average molecular weight is 255 g/mol. The van der Waals surface area contributed by atoms with E-state index in [-0.39, 0.29) is 18.6 Å². The maximum atomic E-state index is 11.7. The Morgan fingerprint density at radius 1 is 1.56 bits per heavy atom. The standard InChI is InChI=1S/C12H21N3O3/c1-4-10(11-5-6-13-15(11)2)14-12(16)9-18-8-7-17-3/h5-6,10H,4,7-9H2,1-3H3,(H,14,16)/t10-/m1/s1. The lowest BCUT2D eigenvalue weighted by Crippen LogP contribution is -2.32. The van der Waals surface area contributed by atoms with Crippen LogP contribution in [0.2, 0.25) is 0 Å². The van der Waals surface area contributed by atoms with Crippen LogP contribution in [0, 0.1) is 0 Å². The van der Waals surface area contributed by atoms with Crippen LogP contribution in [0.3, 0.4) is 0 Å². The molecule has 0 spiro atoms. The minimum Gasteiger partial charge on any atom is -0.382 e. The van der Waals surface area contributed by atoms with Gasteiger partial charge in [0.15, 0.2) is 0 Å². The van der Waals surface area contributed by atoms with Gasteiger partial charge in [0.25, 0.3) is 0 Å². The van der Waals surface area contributed by atoms with E-state index < -0.39 is 0 Å². The molecule has 0 aliphatic rings. The molecule has 0 saturated heterocycles. The maximum Gasteiger partial charge on any atom is 0.246 e. The van der Waals surface area contributed by atoms with Crippen molar-refractivity contribution in [1.82, 2.24) is 15.1 Å². The second-order valence-electron chi connectivity index (χ2n) is 3.95. The Kier molecular flexibility index (Phi) is 6.38. The third-order valence-corrected chi connectivity index (χ3v) is 2.62. The first-order valence-corrected chi connectivity index (χ1v) is 6.03. The zero-order valence-electron chi connectivity index (χ0n) is 11.2. The van der Waals surface area contributed by atoms with Crippen LogP contribution in [0.1, 0.15) is 25.1 Å². The summed E-state index contributed by atoms with van der Waals surface area (Å²) in [7, 11) is 3.46. The molecule has 1 aromatic rings. The molecule has 6 heteroatoms. The minimum absolute atomic E-state index is 0.0315. The van der Waals surface area contributed by atoms with E-state index >= 15 is 0 Å². The van der Waals surface area contributed by atoms with Gasteiger partial charge >= 0.3 is 0 Å². The van der Waals surface area contributed by atoms with Gasteiger partial charge in [-0.2, -0.15) is 5.10 Å². The third-order valence-electron chi connectivity index (χ3n) is 2.62. The monoisotopic (exact) mass is 255 g/mol. The number of carbonyl (C=O) groups excluding carboxylic acids is 1. The molecule has 0 saturated carbocycles. The van der Waals surface area contributed by atoms with E-state index in [0.29, 0.717) is 13.2 Å². The van der Waals surface area contributed by atoms with Gasteiger partial charge in [-0.05, 0) is 12.5 Å². The second-order valence-corrected chi connectivity index (χ2v) is 3.95. The Balaban J connectivity index is 2.39. The van der Waals surface area contributed by atoms with Crippen LogP contribution < -0.4 is 5.32 Å². The van der Waals surface area contributed by atoms with Gasteiger partial charge in [-0.15, -0.1) is 0 Å². The Morgan fingerprint density at radius 2 is 2.33 bits per heavy atom. The smallest absolute Gasteiger partial charge is 0.246 e. The summed E-state index contributed by atoms with van der Waals surface area (Å²) >= 11 is 0. The highest BCUT2D eigenvalue weighted by molar-refractivity contribution is 5.77. The lowest BCUT2D eigenvalue weighted by Gasteiger charge is -2.17. The Morgan fingerprint density at radius 3 is 2.89 bits per heavy atom. The maximum absolute atomic E-state index is 11.7. The number of hydrogen-bond acceptors (Lipinski definition) is 4. The number of nitrogens with one attached hydrogen (secondary N) is 1. The first kappa shape index (κ1) is 14.7. The lowest BCUT2D eigenvalue weighted by molar-refractivity contribution is -0.127. The van der Waals surface area contributed by atoms with Crippen molar-refractivity contribution in [3.05, 3.63) is 18.0 Å². The number of hydrogen-bond donors (Lipinski definition) is 1. The van der Waals surface area contributed by atoms with Crippen LogP contribution in [0.15, 0.2) is 12.3 Å². The van der Waals surface area contributed by atoms with Crippen molar-refractivity contribution in [2.75, 3.05) is 26.9 Å². The van der Waals surface area contributed by atoms with Crippen LogP contribution in [0.5, 0.6) is 0 Å². The molecule has 0 aromatic carbocycles. The Hall–Kier alpha value is -1.40. The van der Waals surface area contributed by atoms with E-state index in [0.717, 1.165) is 12.1 Å². The van der Waals surface area contributed by atoms with E-state index in [1.807, 2.05) is 20.0 Å². The Bertz CT molecular complexity index is 365. The minimum atomic E-state index is -0.126. The summed E-state index contributed by atoms with van der Waals surface area (Å²) in [6, 6.07) is 1.87. The molecule has 6 nitrogen and oxygen atoms in total. The molecular formula is C12H21N3O3. The molecule has 1 N–H and O–H groups in total. The predicted octanol–water partition coefficient (Wildman–Crippen LogP) is 0.650. The fourth-order valence-electron chi connectivity index (χ4n) is 1.65. The van der Waals surface area contributed by atoms with E-state index in [1.165, 1.54) is 0 Å². The van der Waals surface area contributed by atoms with Gasteiger partial charge in [0.2, 0.25) is 5.91 Å². The second kappa shape index (κ2) is 7.84. The van der Waals surface area contributed by atoms with Crippen molar-refractivity contribution in [2.45, 2.75) is 19.4 Å². The topological polar surface area (TPSA) is 65.4 Å². The molecule has 1 amide bonds. The predicted molar refractivity (Wildman–Crippen MR) is 67.1 cm³/mol. The third kappa shape index (κ3) is 4.46. The average Bonchev–Trinajstić information content (AvgIpc) is 2.78. The number of aromatic nitrogens is 2. The molecule has 1 rings (SSSR count). The molecule has 0 fully saturated rings. The molecule has 0 aliphatic carbocycles. The summed E-state index contributed by atoms with van der Waals surface area (Å²) in [6.07, 6.45) is 2.53. The molecule has 1 aromatic heterocycles. The van der Waals surface area contributed by atoms with Gasteiger partial charge in [-0.25, -0.2) is 0 Å². The van der Waals surface area contributed by atoms with Crippen LogP contribution in [-0.2, 0) is 21.3 Å².